The first-order chi connectivity index (χ1) is 14.4. The maximum atomic E-state index is 13.1. The quantitative estimate of drug-likeness (QED) is 0.338. The molecule has 160 valence electrons. The lowest BCUT2D eigenvalue weighted by Gasteiger charge is -2.17. The molecular formula is C21H25N3O5S. The summed E-state index contributed by atoms with van der Waals surface area (Å²) in [5, 5.41) is 14.3. The van der Waals surface area contributed by atoms with Gasteiger partial charge in [0.1, 0.15) is 10.6 Å². The maximum absolute atomic E-state index is 13.1. The highest BCUT2D eigenvalue weighted by Crippen LogP contribution is 2.31. The van der Waals surface area contributed by atoms with Crippen molar-refractivity contribution in [1.29, 1.82) is 0 Å². The number of hydrogen-bond donors (Lipinski definition) is 2. The van der Waals surface area contributed by atoms with E-state index in [9.17, 15) is 18.5 Å². The number of nitro groups is 1. The van der Waals surface area contributed by atoms with Gasteiger partial charge in [0.2, 0.25) is 0 Å². The normalized spacial score (nSPS) is 14.0. The molecule has 0 heterocycles. The fourth-order valence-corrected chi connectivity index (χ4v) is 4.68. The van der Waals surface area contributed by atoms with Crippen molar-refractivity contribution in [3.63, 3.8) is 0 Å². The van der Waals surface area contributed by atoms with Gasteiger partial charge in [-0.15, -0.1) is 0 Å². The molecule has 0 spiro atoms. The highest BCUT2D eigenvalue weighted by atomic mass is 32.2. The molecule has 9 heteroatoms. The highest BCUT2D eigenvalue weighted by Gasteiger charge is 2.23. The van der Waals surface area contributed by atoms with Crippen molar-refractivity contribution in [1.82, 2.24) is 0 Å². The molecule has 1 aliphatic rings. The van der Waals surface area contributed by atoms with Crippen molar-refractivity contribution in [2.24, 2.45) is 0 Å². The van der Waals surface area contributed by atoms with Gasteiger partial charge < -0.3 is 10.1 Å². The Balaban J connectivity index is 1.87. The number of hydrogen-bond acceptors (Lipinski definition) is 6. The summed E-state index contributed by atoms with van der Waals surface area (Å²) in [6.07, 6.45) is 7.55. The molecular weight excluding hydrogens is 406 g/mol. The average Bonchev–Trinajstić information content (AvgIpc) is 2.74. The molecule has 0 amide bonds. The minimum absolute atomic E-state index is 0.180. The molecule has 8 nitrogen and oxygen atoms in total. The Morgan fingerprint density at radius 2 is 1.93 bits per heavy atom. The number of methoxy groups -OCH3 is 1. The molecule has 0 saturated carbocycles. The summed E-state index contributed by atoms with van der Waals surface area (Å²) in [4.78, 5) is 10.4. The average molecular weight is 432 g/mol. The second-order valence-corrected chi connectivity index (χ2v) is 8.68. The smallest absolute Gasteiger partial charge is 0.270 e. The van der Waals surface area contributed by atoms with Gasteiger partial charge in [-0.25, -0.2) is 8.42 Å². The second kappa shape index (κ2) is 9.62. The first kappa shape index (κ1) is 21.6. The zero-order chi connectivity index (χ0) is 21.6. The molecule has 0 bridgehead atoms. The van der Waals surface area contributed by atoms with Crippen molar-refractivity contribution < 1.29 is 18.1 Å². The summed E-state index contributed by atoms with van der Waals surface area (Å²) < 4.78 is 33.8. The van der Waals surface area contributed by atoms with Crippen LogP contribution in [0.5, 0.6) is 5.75 Å². The Morgan fingerprint density at radius 3 is 2.63 bits per heavy atom. The van der Waals surface area contributed by atoms with E-state index in [1.807, 2.05) is 0 Å². The number of ether oxygens (including phenoxy) is 1. The van der Waals surface area contributed by atoms with Crippen LogP contribution >= 0.6 is 0 Å². The summed E-state index contributed by atoms with van der Waals surface area (Å²) in [6.45, 7) is 0.542. The Morgan fingerprint density at radius 1 is 1.13 bits per heavy atom. The maximum Gasteiger partial charge on any atom is 0.270 e. The Hall–Kier alpha value is -3.07. The molecule has 3 rings (SSSR count). The number of sulfonamides is 1. The number of allylic oxidation sites excluding steroid dienone is 1. The van der Waals surface area contributed by atoms with E-state index >= 15 is 0 Å². The number of nitrogens with zero attached hydrogens (tertiary/aromatic N) is 1. The van der Waals surface area contributed by atoms with E-state index in [1.54, 1.807) is 24.3 Å². The minimum Gasteiger partial charge on any atom is -0.495 e. The number of nitrogens with one attached hydrogen (secondary N) is 2. The first-order valence-corrected chi connectivity index (χ1v) is 11.2. The van der Waals surface area contributed by atoms with Gasteiger partial charge >= 0.3 is 0 Å². The summed E-state index contributed by atoms with van der Waals surface area (Å²) in [7, 11) is -2.66. The van der Waals surface area contributed by atoms with Crippen LogP contribution in [0.4, 0.5) is 17.1 Å². The molecule has 1 aliphatic carbocycles. The van der Waals surface area contributed by atoms with Gasteiger partial charge in [-0.3, -0.25) is 14.8 Å². The Kier molecular flexibility index (Phi) is 6.94. The van der Waals surface area contributed by atoms with Crippen molar-refractivity contribution in [3.05, 3.63) is 64.2 Å². The molecule has 30 heavy (non-hydrogen) atoms. The van der Waals surface area contributed by atoms with Gasteiger partial charge in [0.25, 0.3) is 15.7 Å². The molecule has 0 fully saturated rings. The fraction of sp³-hybridized carbons (Fsp3) is 0.333. The lowest BCUT2D eigenvalue weighted by Crippen LogP contribution is -2.17. The van der Waals surface area contributed by atoms with Gasteiger partial charge in [-0.1, -0.05) is 23.8 Å². The van der Waals surface area contributed by atoms with Crippen LogP contribution in [0, 0.1) is 10.1 Å². The lowest BCUT2D eigenvalue weighted by atomic mass is 9.97. The van der Waals surface area contributed by atoms with Gasteiger partial charge in [0.15, 0.2) is 0 Å². The fourth-order valence-electron chi connectivity index (χ4n) is 3.41. The van der Waals surface area contributed by atoms with Crippen molar-refractivity contribution in [3.8, 4) is 5.75 Å². The van der Waals surface area contributed by atoms with E-state index in [4.69, 9.17) is 4.74 Å². The van der Waals surface area contributed by atoms with E-state index in [0.29, 0.717) is 18.0 Å². The summed E-state index contributed by atoms with van der Waals surface area (Å²) in [5.41, 5.74) is 1.63. The van der Waals surface area contributed by atoms with Crippen molar-refractivity contribution in [2.45, 2.75) is 37.0 Å². The number of nitro benzene ring substituents is 1. The molecule has 0 aromatic heterocycles. The predicted octanol–water partition coefficient (Wildman–Crippen LogP) is 4.71. The largest absolute Gasteiger partial charge is 0.495 e. The molecule has 2 aromatic carbocycles. The first-order valence-electron chi connectivity index (χ1n) is 9.77. The molecule has 0 saturated heterocycles. The van der Waals surface area contributed by atoms with E-state index in [2.05, 4.69) is 16.1 Å². The van der Waals surface area contributed by atoms with Crippen molar-refractivity contribution in [2.75, 3.05) is 23.7 Å². The number of non-ortho nitro benzene ring substituents is 1. The zero-order valence-corrected chi connectivity index (χ0v) is 17.6. The second-order valence-electron chi connectivity index (χ2n) is 7.03. The van der Waals surface area contributed by atoms with Crippen LogP contribution in [0.15, 0.2) is 59.0 Å². The molecule has 2 aromatic rings. The van der Waals surface area contributed by atoms with Gasteiger partial charge in [0, 0.05) is 18.7 Å². The lowest BCUT2D eigenvalue weighted by molar-refractivity contribution is -0.385. The van der Waals surface area contributed by atoms with E-state index < -0.39 is 14.9 Å². The van der Waals surface area contributed by atoms with Gasteiger partial charge in [0.05, 0.1) is 23.4 Å². The minimum atomic E-state index is -4.10. The molecule has 0 radical (unpaired) electrons. The zero-order valence-electron chi connectivity index (χ0n) is 16.8. The van der Waals surface area contributed by atoms with E-state index in [1.165, 1.54) is 37.7 Å². The number of rotatable bonds is 9. The summed E-state index contributed by atoms with van der Waals surface area (Å²) in [6, 6.07) is 10.4. The highest BCUT2D eigenvalue weighted by molar-refractivity contribution is 7.93. The van der Waals surface area contributed by atoms with Crippen molar-refractivity contribution >= 4 is 27.1 Å². The number of anilines is 2. The van der Waals surface area contributed by atoms with E-state index in [0.717, 1.165) is 25.3 Å². The summed E-state index contributed by atoms with van der Waals surface area (Å²) >= 11 is 0. The van der Waals surface area contributed by atoms with Gasteiger partial charge in [-0.2, -0.15) is 0 Å². The number of para-hydroxylation sites is 2. The molecule has 2 N–H and O–H groups in total. The third-order valence-corrected chi connectivity index (χ3v) is 6.37. The Bertz CT molecular complexity index is 1050. The topological polar surface area (TPSA) is 111 Å². The third-order valence-electron chi connectivity index (χ3n) is 4.96. The summed E-state index contributed by atoms with van der Waals surface area (Å²) in [5.74, 6) is 0.352. The van der Waals surface area contributed by atoms with Crippen LogP contribution in [0.1, 0.15) is 32.1 Å². The van der Waals surface area contributed by atoms with Crippen LogP contribution in [-0.4, -0.2) is 27.0 Å². The predicted molar refractivity (Wildman–Crippen MR) is 117 cm³/mol. The van der Waals surface area contributed by atoms with Crippen LogP contribution in [0.25, 0.3) is 0 Å². The Labute approximate surface area is 176 Å². The molecule has 0 atom stereocenters. The standard InChI is InChI=1S/C21H25N3O5S/c1-29-20-10-6-5-9-18(20)23-30(27,28)21-15-17(24(25)26)11-12-19(21)22-14-13-16-7-3-2-4-8-16/h5-7,9-12,15,22-23H,2-4,8,13-14H2,1H3. The van der Waals surface area contributed by atoms with Crippen LogP contribution in [0.3, 0.4) is 0 Å². The third kappa shape index (κ3) is 5.29. The van der Waals surface area contributed by atoms with Crippen LogP contribution in [-0.2, 0) is 10.0 Å². The SMILES string of the molecule is COc1ccccc1NS(=O)(=O)c1cc([N+](=O)[O-])ccc1NCCC1=CCCCC1. The van der Waals surface area contributed by atoms with Gasteiger partial charge in [-0.05, 0) is 50.3 Å². The van der Waals surface area contributed by atoms with Crippen LogP contribution < -0.4 is 14.8 Å². The monoisotopic (exact) mass is 431 g/mol. The molecule has 0 aliphatic heterocycles. The molecule has 0 unspecified atom stereocenters. The number of benzene rings is 2. The van der Waals surface area contributed by atoms with E-state index in [-0.39, 0.29) is 16.3 Å². The van der Waals surface area contributed by atoms with Crippen LogP contribution in [0.2, 0.25) is 0 Å².